The molecule has 6 heteroatoms. The minimum absolute atomic E-state index is 0.00471. The van der Waals surface area contributed by atoms with Crippen molar-refractivity contribution in [1.29, 1.82) is 0 Å². The molecule has 4 rings (SSSR count). The van der Waals surface area contributed by atoms with E-state index in [1.807, 2.05) is 0 Å². The van der Waals surface area contributed by atoms with E-state index in [2.05, 4.69) is 25.1 Å². The van der Waals surface area contributed by atoms with Crippen LogP contribution in [0.3, 0.4) is 0 Å². The second-order valence-corrected chi connectivity index (χ2v) is 10.6. The third-order valence-electron chi connectivity index (χ3n) is 9.59. The van der Waals surface area contributed by atoms with Crippen LogP contribution < -0.4 is 0 Å². The van der Waals surface area contributed by atoms with Gasteiger partial charge in [0.15, 0.2) is 0 Å². The van der Waals surface area contributed by atoms with Crippen molar-refractivity contribution in [2.24, 2.45) is 33.7 Å². The molecule has 0 amide bonds. The topological polar surface area (TPSA) is 88.3 Å². The number of nitrogens with zero attached hydrogens (tertiary/aromatic N) is 1. The predicted molar refractivity (Wildman–Crippen MR) is 113 cm³/mol. The Labute approximate surface area is 179 Å². The van der Waals surface area contributed by atoms with Crippen molar-refractivity contribution < 1.29 is 24.6 Å². The van der Waals surface area contributed by atoms with Gasteiger partial charge in [-0.25, -0.2) is 0 Å². The zero-order valence-corrected chi connectivity index (χ0v) is 19.0. The van der Waals surface area contributed by atoms with E-state index in [9.17, 15) is 15.1 Å². The number of carbonyl (C=O) groups is 1. The van der Waals surface area contributed by atoms with Crippen LogP contribution in [0.15, 0.2) is 16.8 Å². The third kappa shape index (κ3) is 2.75. The highest BCUT2D eigenvalue weighted by molar-refractivity contribution is 5.92. The lowest BCUT2D eigenvalue weighted by Gasteiger charge is -2.59. The Morgan fingerprint density at radius 3 is 2.57 bits per heavy atom. The van der Waals surface area contributed by atoms with Gasteiger partial charge >= 0.3 is 5.97 Å². The summed E-state index contributed by atoms with van der Waals surface area (Å²) in [5.41, 5.74) is 0.852. The lowest BCUT2D eigenvalue weighted by Crippen LogP contribution is -2.60. The minimum Gasteiger partial charge on any atom is -0.462 e. The maximum absolute atomic E-state index is 11.4. The fourth-order valence-corrected chi connectivity index (χ4v) is 8.21. The molecular weight excluding hydrogens is 382 g/mol. The first-order chi connectivity index (χ1) is 14.1. The molecule has 3 saturated carbocycles. The number of aliphatic hydroxyl groups excluding tert-OH is 1. The lowest BCUT2D eigenvalue weighted by molar-refractivity contribution is -0.149. The minimum atomic E-state index is -0.935. The van der Waals surface area contributed by atoms with Crippen molar-refractivity contribution in [3.63, 3.8) is 0 Å². The normalized spacial score (nSPS) is 48.3. The number of carbonyl (C=O) groups excluding carboxylic acids is 1. The van der Waals surface area contributed by atoms with E-state index < -0.39 is 11.7 Å². The monoisotopic (exact) mass is 419 g/mol. The first-order valence-corrected chi connectivity index (χ1v) is 11.4. The van der Waals surface area contributed by atoms with E-state index in [0.29, 0.717) is 29.9 Å². The number of rotatable bonds is 3. The fraction of sp³-hybridized carbons (Fsp3) is 0.833. The SMILES string of the molecule is COC1(/C(C)=N/O)[C@H](O)CC2C3CC=C4CC(OC(C)=O)CC[C@]4(C)C3CC[C@@]21C. The summed E-state index contributed by atoms with van der Waals surface area (Å²) in [4.78, 5) is 11.4. The highest BCUT2D eigenvalue weighted by Gasteiger charge is 2.69. The smallest absolute Gasteiger partial charge is 0.302 e. The summed E-state index contributed by atoms with van der Waals surface area (Å²) < 4.78 is 11.5. The van der Waals surface area contributed by atoms with Crippen LogP contribution in [-0.2, 0) is 14.3 Å². The summed E-state index contributed by atoms with van der Waals surface area (Å²) in [6, 6.07) is 0. The number of fused-ring (bicyclic) bond motifs is 5. The summed E-state index contributed by atoms with van der Waals surface area (Å²) in [6.45, 7) is 7.88. The van der Waals surface area contributed by atoms with Gasteiger partial charge in [0.2, 0.25) is 0 Å². The van der Waals surface area contributed by atoms with Gasteiger partial charge in [-0.15, -0.1) is 0 Å². The van der Waals surface area contributed by atoms with Crippen LogP contribution in [0.25, 0.3) is 0 Å². The van der Waals surface area contributed by atoms with Crippen molar-refractivity contribution in [1.82, 2.24) is 0 Å². The summed E-state index contributed by atoms with van der Waals surface area (Å²) in [7, 11) is 1.63. The van der Waals surface area contributed by atoms with Gasteiger partial charge in [0.1, 0.15) is 11.7 Å². The fourth-order valence-electron chi connectivity index (χ4n) is 8.21. The first-order valence-electron chi connectivity index (χ1n) is 11.4. The molecule has 0 aliphatic heterocycles. The molecule has 0 bridgehead atoms. The highest BCUT2D eigenvalue weighted by Crippen LogP contribution is 2.68. The van der Waals surface area contributed by atoms with Crippen LogP contribution in [0.4, 0.5) is 0 Å². The molecule has 0 saturated heterocycles. The van der Waals surface area contributed by atoms with Crippen LogP contribution in [0.2, 0.25) is 0 Å². The molecule has 168 valence electrons. The zero-order valence-electron chi connectivity index (χ0n) is 19.0. The average molecular weight is 420 g/mol. The number of oxime groups is 1. The van der Waals surface area contributed by atoms with Gasteiger partial charge in [0, 0.05) is 25.9 Å². The largest absolute Gasteiger partial charge is 0.462 e. The standard InChI is InChI=1S/C24H37NO5/c1-14(25-28)24(29-5)21(27)13-20-18-7-6-16-12-17(30-15(2)26)8-10-22(16,3)19(18)9-11-23(20,24)4/h6,17-21,27-28H,7-13H2,1-5H3/b25-14+/t17?,18?,19?,20?,21-,22+,23+,24?/m1/s1. The van der Waals surface area contributed by atoms with Gasteiger partial charge < -0.3 is 19.8 Å². The van der Waals surface area contributed by atoms with Gasteiger partial charge in [-0.05, 0) is 68.6 Å². The molecule has 8 atom stereocenters. The van der Waals surface area contributed by atoms with Crippen molar-refractivity contribution >= 4 is 11.7 Å². The number of aliphatic hydroxyl groups is 1. The van der Waals surface area contributed by atoms with Crippen molar-refractivity contribution in [2.45, 2.75) is 90.4 Å². The number of hydrogen-bond donors (Lipinski definition) is 2. The van der Waals surface area contributed by atoms with E-state index >= 15 is 0 Å². The van der Waals surface area contributed by atoms with Crippen molar-refractivity contribution in [2.75, 3.05) is 7.11 Å². The molecule has 0 aromatic rings. The van der Waals surface area contributed by atoms with Gasteiger partial charge in [-0.1, -0.05) is 30.7 Å². The molecule has 0 heterocycles. The second kappa shape index (κ2) is 7.33. The zero-order chi connectivity index (χ0) is 21.9. The molecule has 0 aromatic carbocycles. The van der Waals surface area contributed by atoms with E-state index in [1.54, 1.807) is 14.0 Å². The molecule has 5 unspecified atom stereocenters. The molecule has 0 aromatic heterocycles. The summed E-state index contributed by atoms with van der Waals surface area (Å²) >= 11 is 0. The van der Waals surface area contributed by atoms with Gasteiger partial charge in [0.05, 0.1) is 11.8 Å². The van der Waals surface area contributed by atoms with Crippen LogP contribution in [0.1, 0.15) is 72.6 Å². The quantitative estimate of drug-likeness (QED) is 0.236. The summed E-state index contributed by atoms with van der Waals surface area (Å²) in [5.74, 6) is 1.15. The van der Waals surface area contributed by atoms with Crippen LogP contribution in [0.5, 0.6) is 0 Å². The number of hydrogen-bond acceptors (Lipinski definition) is 6. The number of methoxy groups -OCH3 is 1. The van der Waals surface area contributed by atoms with Crippen LogP contribution in [0, 0.1) is 28.6 Å². The molecule has 4 aliphatic rings. The Balaban J connectivity index is 1.66. The van der Waals surface area contributed by atoms with E-state index in [4.69, 9.17) is 9.47 Å². The van der Waals surface area contributed by atoms with Gasteiger partial charge in [-0.3, -0.25) is 4.79 Å². The van der Waals surface area contributed by atoms with Crippen LogP contribution in [-0.4, -0.2) is 46.9 Å². The Morgan fingerprint density at radius 1 is 1.20 bits per heavy atom. The van der Waals surface area contributed by atoms with E-state index in [1.165, 1.54) is 12.5 Å². The van der Waals surface area contributed by atoms with E-state index in [-0.39, 0.29) is 22.9 Å². The lowest BCUT2D eigenvalue weighted by atomic mass is 9.46. The maximum atomic E-state index is 11.4. The highest BCUT2D eigenvalue weighted by atomic mass is 16.5. The number of ether oxygens (including phenoxy) is 2. The second-order valence-electron chi connectivity index (χ2n) is 10.6. The van der Waals surface area contributed by atoms with Crippen molar-refractivity contribution in [3.05, 3.63) is 11.6 Å². The Hall–Kier alpha value is -1.40. The number of allylic oxidation sites excluding steroid dienone is 1. The average Bonchev–Trinajstić information content (AvgIpc) is 2.94. The van der Waals surface area contributed by atoms with Gasteiger partial charge in [-0.2, -0.15) is 0 Å². The number of esters is 1. The third-order valence-corrected chi connectivity index (χ3v) is 9.59. The predicted octanol–water partition coefficient (Wildman–Crippen LogP) is 4.09. The molecule has 2 N–H and O–H groups in total. The Bertz CT molecular complexity index is 778. The first kappa shape index (κ1) is 21.8. The molecule has 3 fully saturated rings. The molecule has 6 nitrogen and oxygen atoms in total. The molecule has 4 aliphatic carbocycles. The molecular formula is C24H37NO5. The molecule has 0 spiro atoms. The summed E-state index contributed by atoms with van der Waals surface area (Å²) in [5, 5.41) is 24.2. The van der Waals surface area contributed by atoms with E-state index in [0.717, 1.165) is 38.5 Å². The Morgan fingerprint density at radius 2 is 1.93 bits per heavy atom. The Kier molecular flexibility index (Phi) is 5.33. The van der Waals surface area contributed by atoms with Crippen molar-refractivity contribution in [3.8, 4) is 0 Å². The molecule has 30 heavy (non-hydrogen) atoms. The molecule has 0 radical (unpaired) electrons. The van der Waals surface area contributed by atoms with Gasteiger partial charge in [0.25, 0.3) is 0 Å². The maximum Gasteiger partial charge on any atom is 0.302 e. The van der Waals surface area contributed by atoms with Crippen LogP contribution >= 0.6 is 0 Å². The summed E-state index contributed by atoms with van der Waals surface area (Å²) in [6.07, 6.45) is 8.20.